The molecule has 0 atom stereocenters. The van der Waals surface area contributed by atoms with Crippen LogP contribution in [0.4, 0.5) is 0 Å². The topological polar surface area (TPSA) is 29.1 Å². The van der Waals surface area contributed by atoms with Crippen LogP contribution in [0.5, 0.6) is 0 Å². The zero-order chi connectivity index (χ0) is 16.4. The molecule has 139 valence electrons. The van der Waals surface area contributed by atoms with E-state index in [9.17, 15) is 4.79 Å². The molecule has 0 aromatic heterocycles. The van der Waals surface area contributed by atoms with Crippen LogP contribution in [0.25, 0.3) is 0 Å². The largest absolute Gasteiger partial charge is 1.00 e. The molecule has 1 N–H and O–H groups in total. The number of unbranched alkanes of at least 4 members (excludes halogenated alkanes) is 6. The summed E-state index contributed by atoms with van der Waals surface area (Å²) in [6.45, 7) is 8.47. The number of nitrogens with one attached hydrogen (secondary N) is 1. The summed E-state index contributed by atoms with van der Waals surface area (Å²) in [7, 11) is 0. The van der Waals surface area contributed by atoms with Gasteiger partial charge in [0.05, 0.1) is 0 Å². The molecule has 0 unspecified atom stereocenters. The second-order valence-corrected chi connectivity index (χ2v) is 19.6. The first kappa shape index (κ1) is 26.7. The smallest absolute Gasteiger partial charge is 1.00 e. The monoisotopic (exact) mass is 426 g/mol. The Hall–Kier alpha value is 0.461. The van der Waals surface area contributed by atoms with Gasteiger partial charge >= 0.3 is 145 Å². The summed E-state index contributed by atoms with van der Waals surface area (Å²) in [5.74, 6) is 0.329. The van der Waals surface area contributed by atoms with Crippen molar-refractivity contribution in [2.75, 3.05) is 0 Å². The van der Waals surface area contributed by atoms with Crippen LogP contribution in [-0.2, 0) is 22.2 Å². The second kappa shape index (κ2) is 15.7. The Bertz CT molecular complexity index is 414. The summed E-state index contributed by atoms with van der Waals surface area (Å²) >= 11 is -1.49. The van der Waals surface area contributed by atoms with Crippen molar-refractivity contribution in [1.82, 2.24) is 3.80 Å². The first-order valence-corrected chi connectivity index (χ1v) is 16.2. The second-order valence-electron chi connectivity index (χ2n) is 6.81. The van der Waals surface area contributed by atoms with Crippen molar-refractivity contribution >= 4 is 12.6 Å². The van der Waals surface area contributed by atoms with E-state index in [0.29, 0.717) is 5.91 Å². The molecule has 0 aromatic rings. The number of hydrogen-bond donors (Lipinski definition) is 1. The molecule has 2 nitrogen and oxygen atoms in total. The maximum absolute atomic E-state index is 12.2. The average Bonchev–Trinajstić information content (AvgIpc) is 2.89. The van der Waals surface area contributed by atoms with E-state index in [1.54, 1.807) is 3.88 Å². The van der Waals surface area contributed by atoms with Gasteiger partial charge in [0.15, 0.2) is 0 Å². The Morgan fingerprint density at radius 2 is 1.71 bits per heavy atom. The van der Waals surface area contributed by atoms with Crippen molar-refractivity contribution in [1.29, 1.82) is 0 Å². The molecule has 0 heterocycles. The molecule has 0 radical (unpaired) electrons. The number of hydrogen-bond acceptors (Lipinski definition) is 1. The molecule has 0 fully saturated rings. The van der Waals surface area contributed by atoms with Gasteiger partial charge in [0.25, 0.3) is 0 Å². The molecule has 1 rings (SSSR count). The van der Waals surface area contributed by atoms with E-state index >= 15 is 0 Å². The summed E-state index contributed by atoms with van der Waals surface area (Å²) in [5, 5.41) is 0. The zero-order valence-electron chi connectivity index (χ0n) is 15.8. The Morgan fingerprint density at radius 3 is 2.21 bits per heavy atom. The molecule has 1 aliphatic rings. The minimum Gasteiger partial charge on any atom is -1.00 e. The summed E-state index contributed by atoms with van der Waals surface area (Å²) < 4.78 is 5.07. The zero-order valence-corrected chi connectivity index (χ0v) is 20.0. The molecule has 1 amide bonds. The molecule has 0 bridgehead atoms. The summed E-state index contributed by atoms with van der Waals surface area (Å²) in [5.41, 5.74) is 1.39. The Labute approximate surface area is 169 Å². The van der Waals surface area contributed by atoms with Gasteiger partial charge in [0, 0.05) is 0 Å². The van der Waals surface area contributed by atoms with E-state index in [2.05, 4.69) is 42.9 Å². The first-order valence-electron chi connectivity index (χ1n) is 9.09. The number of allylic oxidation sites excluding steroid dienone is 4. The molecule has 0 aromatic carbocycles. The van der Waals surface area contributed by atoms with Gasteiger partial charge < -0.3 is 24.8 Å². The van der Waals surface area contributed by atoms with Crippen molar-refractivity contribution in [2.45, 2.75) is 84.7 Å². The van der Waals surface area contributed by atoms with Gasteiger partial charge in [0.1, 0.15) is 0 Å². The predicted octanol–water partition coefficient (Wildman–Crippen LogP) is -0.998. The number of carbonyl (C=O) groups is 1. The van der Waals surface area contributed by atoms with Crippen molar-refractivity contribution in [3.8, 4) is 0 Å². The standard InChI is InChI=1S/C10H21NO.C6H7.C2H7Si.2ClH.Ti/c1-2-3-4-5-6-7-8-9-10(11)12;1-6-4-2-3-5-6;1-3-2;;;/h2-9H2,1H3,(H2,11,12);4-5H,2H2,1H3;3H,1-2H3;2*1H;/q;;;;;+3/p-3. The number of carbonyl (C=O) groups excluding carboxylic acids is 1. The Kier molecular flexibility index (Phi) is 17.5. The maximum Gasteiger partial charge on any atom is -1.00 e. The first-order chi connectivity index (χ1) is 10.5. The third-order valence-corrected chi connectivity index (χ3v) is 15.4. The summed E-state index contributed by atoms with van der Waals surface area (Å²) in [4.78, 5) is 12.2. The molecule has 6 heteroatoms. The third-order valence-electron chi connectivity index (χ3n) is 4.25. The molecular weight excluding hydrogens is 393 g/mol. The minimum absolute atomic E-state index is 0. The molecule has 1 aliphatic carbocycles. The molecule has 0 saturated heterocycles. The van der Waals surface area contributed by atoms with Crippen molar-refractivity contribution in [2.24, 2.45) is 0 Å². The molecule has 24 heavy (non-hydrogen) atoms. The molecule has 0 spiro atoms. The average molecular weight is 427 g/mol. The van der Waals surface area contributed by atoms with Crippen LogP contribution in [0.1, 0.15) is 71.6 Å². The van der Waals surface area contributed by atoms with Crippen LogP contribution in [0.2, 0.25) is 13.1 Å². The van der Waals surface area contributed by atoms with E-state index in [4.69, 9.17) is 0 Å². The Balaban J connectivity index is 0. The van der Waals surface area contributed by atoms with Crippen molar-refractivity contribution in [3.63, 3.8) is 0 Å². The van der Waals surface area contributed by atoms with E-state index in [1.807, 2.05) is 0 Å². The van der Waals surface area contributed by atoms with Crippen LogP contribution in [0, 0.1) is 0 Å². The van der Waals surface area contributed by atoms with E-state index < -0.39 is 24.0 Å². The van der Waals surface area contributed by atoms with Gasteiger partial charge in [-0.05, 0) is 0 Å². The number of halogens is 2. The van der Waals surface area contributed by atoms with E-state index in [0.717, 1.165) is 19.3 Å². The SMILES string of the molecule is CCCCCCCCCC(=O)[NH][Ti+2]([C]1=CC(C)=CC1)[SiH](C)C.[Cl-].[Cl-]. The van der Waals surface area contributed by atoms with Crippen LogP contribution < -0.4 is 28.6 Å². The summed E-state index contributed by atoms with van der Waals surface area (Å²) in [6.07, 6.45) is 15.4. The van der Waals surface area contributed by atoms with Crippen LogP contribution >= 0.6 is 0 Å². The molecular formula is C18H34Cl2NOSiTi. The quantitative estimate of drug-likeness (QED) is 0.333. The van der Waals surface area contributed by atoms with Crippen molar-refractivity contribution < 1.29 is 47.0 Å². The third kappa shape index (κ3) is 11.1. The van der Waals surface area contributed by atoms with Crippen LogP contribution in [0.3, 0.4) is 0 Å². The normalized spacial score (nSPS) is 12.9. The fraction of sp³-hybridized carbons (Fsp3) is 0.722. The fourth-order valence-corrected chi connectivity index (χ4v) is 12.3. The van der Waals surface area contributed by atoms with Crippen LogP contribution in [-0.4, -0.2) is 12.6 Å². The van der Waals surface area contributed by atoms with Gasteiger partial charge in [-0.2, -0.15) is 0 Å². The van der Waals surface area contributed by atoms with Gasteiger partial charge in [-0.1, -0.05) is 0 Å². The van der Waals surface area contributed by atoms with Gasteiger partial charge in [0.2, 0.25) is 0 Å². The Morgan fingerprint density at radius 1 is 1.12 bits per heavy atom. The van der Waals surface area contributed by atoms with E-state index in [1.165, 1.54) is 44.1 Å². The minimum atomic E-state index is -1.49. The van der Waals surface area contributed by atoms with Gasteiger partial charge in [-0.15, -0.1) is 0 Å². The van der Waals surface area contributed by atoms with Gasteiger partial charge in [-0.25, -0.2) is 0 Å². The number of amides is 1. The van der Waals surface area contributed by atoms with Gasteiger partial charge in [-0.3, -0.25) is 0 Å². The predicted molar refractivity (Wildman–Crippen MR) is 96.1 cm³/mol. The fourth-order valence-electron chi connectivity index (χ4n) is 2.90. The van der Waals surface area contributed by atoms with Crippen molar-refractivity contribution in [3.05, 3.63) is 21.6 Å². The molecule has 0 aliphatic heterocycles. The maximum atomic E-state index is 12.2. The summed E-state index contributed by atoms with van der Waals surface area (Å²) in [6, 6.07) is 0. The number of rotatable bonds is 11. The molecule has 0 saturated carbocycles. The van der Waals surface area contributed by atoms with E-state index in [-0.39, 0.29) is 24.8 Å². The van der Waals surface area contributed by atoms with Crippen LogP contribution in [0.15, 0.2) is 21.6 Å².